The third-order valence-corrected chi connectivity index (χ3v) is 4.13. The minimum absolute atomic E-state index is 0.0108. The number of hydrogen-bond acceptors (Lipinski definition) is 4. The standard InChI is InChI=1S/C22H28N2O4/c1-6-27-18-11-13-19(14-12-18)28-15(2)20(25)23-24-21(26)16-7-9-17(10-8-16)22(3,4)5/h7-15H,6H2,1-5H3,(H,23,25)(H,24,26). The van der Waals surface area contributed by atoms with E-state index in [-0.39, 0.29) is 11.3 Å². The minimum atomic E-state index is -0.776. The maximum absolute atomic E-state index is 12.2. The number of benzene rings is 2. The lowest BCUT2D eigenvalue weighted by molar-refractivity contribution is -0.128. The van der Waals surface area contributed by atoms with Crippen molar-refractivity contribution in [2.45, 2.75) is 46.1 Å². The Kier molecular flexibility index (Phi) is 7.04. The van der Waals surface area contributed by atoms with E-state index in [2.05, 4.69) is 31.6 Å². The molecular weight excluding hydrogens is 356 g/mol. The number of nitrogens with one attached hydrogen (secondary N) is 2. The van der Waals surface area contributed by atoms with E-state index in [1.165, 1.54) is 0 Å². The molecule has 0 aliphatic carbocycles. The molecule has 0 radical (unpaired) electrons. The Hall–Kier alpha value is -3.02. The van der Waals surface area contributed by atoms with Gasteiger partial charge in [-0.3, -0.25) is 20.4 Å². The van der Waals surface area contributed by atoms with Crippen molar-refractivity contribution >= 4 is 11.8 Å². The molecule has 28 heavy (non-hydrogen) atoms. The number of hydrazine groups is 1. The largest absolute Gasteiger partial charge is 0.494 e. The Morgan fingerprint density at radius 2 is 1.50 bits per heavy atom. The van der Waals surface area contributed by atoms with Gasteiger partial charge >= 0.3 is 0 Å². The molecular formula is C22H28N2O4. The highest BCUT2D eigenvalue weighted by molar-refractivity contribution is 5.95. The fourth-order valence-electron chi connectivity index (χ4n) is 2.45. The zero-order valence-corrected chi connectivity index (χ0v) is 17.0. The quantitative estimate of drug-likeness (QED) is 0.746. The first kappa shape index (κ1) is 21.3. The second-order valence-corrected chi connectivity index (χ2v) is 7.44. The number of carbonyl (C=O) groups is 2. The average Bonchev–Trinajstić information content (AvgIpc) is 2.67. The summed E-state index contributed by atoms with van der Waals surface area (Å²) in [4.78, 5) is 24.4. The Morgan fingerprint density at radius 1 is 0.929 bits per heavy atom. The van der Waals surface area contributed by atoms with E-state index in [9.17, 15) is 9.59 Å². The highest BCUT2D eigenvalue weighted by Gasteiger charge is 2.17. The predicted octanol–water partition coefficient (Wildman–Crippen LogP) is 3.61. The molecule has 1 atom stereocenters. The van der Waals surface area contributed by atoms with Gasteiger partial charge in [-0.1, -0.05) is 32.9 Å². The van der Waals surface area contributed by atoms with E-state index in [0.29, 0.717) is 17.9 Å². The molecule has 150 valence electrons. The van der Waals surface area contributed by atoms with Gasteiger partial charge in [-0.25, -0.2) is 0 Å². The van der Waals surface area contributed by atoms with Gasteiger partial charge in [0.1, 0.15) is 11.5 Å². The molecule has 0 saturated heterocycles. The molecule has 0 spiro atoms. The zero-order valence-electron chi connectivity index (χ0n) is 17.0. The molecule has 2 rings (SSSR count). The van der Waals surface area contributed by atoms with Gasteiger partial charge in [0.25, 0.3) is 11.8 Å². The Morgan fingerprint density at radius 3 is 2.04 bits per heavy atom. The van der Waals surface area contributed by atoms with Crippen molar-refractivity contribution in [2.24, 2.45) is 0 Å². The lowest BCUT2D eigenvalue weighted by Gasteiger charge is -2.19. The maximum atomic E-state index is 12.2. The van der Waals surface area contributed by atoms with Gasteiger partial charge in [-0.15, -0.1) is 0 Å². The normalized spacial score (nSPS) is 12.0. The molecule has 1 unspecified atom stereocenters. The monoisotopic (exact) mass is 384 g/mol. The maximum Gasteiger partial charge on any atom is 0.279 e. The van der Waals surface area contributed by atoms with Crippen LogP contribution in [0.5, 0.6) is 11.5 Å². The van der Waals surface area contributed by atoms with E-state index < -0.39 is 12.0 Å². The molecule has 0 aliphatic rings. The topological polar surface area (TPSA) is 76.7 Å². The van der Waals surface area contributed by atoms with Crippen molar-refractivity contribution < 1.29 is 19.1 Å². The third-order valence-electron chi connectivity index (χ3n) is 4.13. The third kappa shape index (κ3) is 6.01. The lowest BCUT2D eigenvalue weighted by atomic mass is 9.87. The molecule has 2 aromatic rings. The predicted molar refractivity (Wildman–Crippen MR) is 108 cm³/mol. The summed E-state index contributed by atoms with van der Waals surface area (Å²) in [7, 11) is 0. The van der Waals surface area contributed by atoms with Crippen LogP contribution in [0.25, 0.3) is 0 Å². The summed E-state index contributed by atoms with van der Waals surface area (Å²) in [5.74, 6) is 0.433. The van der Waals surface area contributed by atoms with Crippen LogP contribution in [-0.2, 0) is 10.2 Å². The van der Waals surface area contributed by atoms with Gasteiger partial charge in [-0.05, 0) is 61.2 Å². The summed E-state index contributed by atoms with van der Waals surface area (Å²) < 4.78 is 10.9. The van der Waals surface area contributed by atoms with E-state index in [0.717, 1.165) is 11.3 Å². The van der Waals surface area contributed by atoms with Crippen molar-refractivity contribution in [1.82, 2.24) is 10.9 Å². The van der Waals surface area contributed by atoms with E-state index in [1.54, 1.807) is 43.3 Å². The first-order chi connectivity index (χ1) is 13.2. The van der Waals surface area contributed by atoms with Gasteiger partial charge in [0.15, 0.2) is 6.10 Å². The van der Waals surface area contributed by atoms with Crippen LogP contribution in [0.2, 0.25) is 0 Å². The van der Waals surface area contributed by atoms with Gasteiger partial charge in [0.05, 0.1) is 6.61 Å². The van der Waals surface area contributed by atoms with Crippen LogP contribution >= 0.6 is 0 Å². The molecule has 0 saturated carbocycles. The summed E-state index contributed by atoms with van der Waals surface area (Å²) in [5.41, 5.74) is 6.41. The number of rotatable bonds is 6. The van der Waals surface area contributed by atoms with Crippen molar-refractivity contribution in [3.63, 3.8) is 0 Å². The van der Waals surface area contributed by atoms with Gasteiger partial charge in [-0.2, -0.15) is 0 Å². The van der Waals surface area contributed by atoms with E-state index >= 15 is 0 Å². The van der Waals surface area contributed by atoms with Crippen LogP contribution in [0.3, 0.4) is 0 Å². The number of amides is 2. The second-order valence-electron chi connectivity index (χ2n) is 7.44. The number of hydrogen-bond donors (Lipinski definition) is 2. The van der Waals surface area contributed by atoms with Crippen LogP contribution in [0, 0.1) is 0 Å². The summed E-state index contributed by atoms with van der Waals surface area (Å²) in [6.45, 7) is 10.4. The van der Waals surface area contributed by atoms with Crippen molar-refractivity contribution in [3.05, 3.63) is 59.7 Å². The lowest BCUT2D eigenvalue weighted by Crippen LogP contribution is -2.47. The highest BCUT2D eigenvalue weighted by Crippen LogP contribution is 2.22. The van der Waals surface area contributed by atoms with Crippen LogP contribution < -0.4 is 20.3 Å². The number of carbonyl (C=O) groups excluding carboxylic acids is 2. The molecule has 6 nitrogen and oxygen atoms in total. The number of ether oxygens (including phenoxy) is 2. The van der Waals surface area contributed by atoms with Crippen molar-refractivity contribution in [1.29, 1.82) is 0 Å². The Labute approximate surface area is 166 Å². The zero-order chi connectivity index (χ0) is 20.7. The van der Waals surface area contributed by atoms with Crippen molar-refractivity contribution in [2.75, 3.05) is 6.61 Å². The Balaban J connectivity index is 1.85. The molecule has 0 heterocycles. The van der Waals surface area contributed by atoms with Crippen LogP contribution in [-0.4, -0.2) is 24.5 Å². The van der Waals surface area contributed by atoms with E-state index in [4.69, 9.17) is 9.47 Å². The van der Waals surface area contributed by atoms with Crippen molar-refractivity contribution in [3.8, 4) is 11.5 Å². The minimum Gasteiger partial charge on any atom is -0.494 e. The van der Waals surface area contributed by atoms with Crippen LogP contribution in [0.15, 0.2) is 48.5 Å². The van der Waals surface area contributed by atoms with Gasteiger partial charge in [0, 0.05) is 5.56 Å². The molecule has 0 fully saturated rings. The molecule has 0 aliphatic heterocycles. The van der Waals surface area contributed by atoms with E-state index in [1.807, 2.05) is 19.1 Å². The summed E-state index contributed by atoms with van der Waals surface area (Å²) >= 11 is 0. The average molecular weight is 384 g/mol. The molecule has 6 heteroatoms. The summed E-state index contributed by atoms with van der Waals surface area (Å²) in [6, 6.07) is 14.3. The summed E-state index contributed by atoms with van der Waals surface area (Å²) in [5, 5.41) is 0. The van der Waals surface area contributed by atoms with Gasteiger partial charge < -0.3 is 9.47 Å². The van der Waals surface area contributed by atoms with Crippen LogP contribution in [0.1, 0.15) is 50.5 Å². The molecule has 2 aromatic carbocycles. The molecule has 2 N–H and O–H groups in total. The molecule has 2 amide bonds. The first-order valence-corrected chi connectivity index (χ1v) is 9.31. The fraction of sp³-hybridized carbons (Fsp3) is 0.364. The fourth-order valence-corrected chi connectivity index (χ4v) is 2.45. The Bertz CT molecular complexity index is 793. The SMILES string of the molecule is CCOc1ccc(OC(C)C(=O)NNC(=O)c2ccc(C(C)(C)C)cc2)cc1. The highest BCUT2D eigenvalue weighted by atomic mass is 16.5. The van der Waals surface area contributed by atoms with Gasteiger partial charge in [0.2, 0.25) is 0 Å². The van der Waals surface area contributed by atoms with Crippen LogP contribution in [0.4, 0.5) is 0 Å². The molecule has 0 bridgehead atoms. The first-order valence-electron chi connectivity index (χ1n) is 9.31. The molecule has 0 aromatic heterocycles. The summed E-state index contributed by atoms with van der Waals surface area (Å²) in [6.07, 6.45) is -0.776. The smallest absolute Gasteiger partial charge is 0.279 e. The second kappa shape index (κ2) is 9.26.